The van der Waals surface area contributed by atoms with Crippen LogP contribution in [0.3, 0.4) is 0 Å². The van der Waals surface area contributed by atoms with Crippen molar-refractivity contribution < 1.29 is 14.3 Å². The number of amides is 1. The molecule has 6 nitrogen and oxygen atoms in total. The molecule has 3 fully saturated rings. The lowest BCUT2D eigenvalue weighted by Crippen LogP contribution is -2.50. The Bertz CT molecular complexity index is 781. The number of methoxy groups -OCH3 is 2. The summed E-state index contributed by atoms with van der Waals surface area (Å²) >= 11 is 0. The number of nitrogens with zero attached hydrogens (tertiary/aromatic N) is 2. The van der Waals surface area contributed by atoms with Crippen LogP contribution in [0.4, 0.5) is 0 Å². The Morgan fingerprint density at radius 3 is 2.31 bits per heavy atom. The van der Waals surface area contributed by atoms with E-state index in [9.17, 15) is 10.1 Å². The van der Waals surface area contributed by atoms with E-state index in [2.05, 4.69) is 16.3 Å². The largest absolute Gasteiger partial charge is 0.496 e. The molecular formula is C23H31N3O3. The van der Waals surface area contributed by atoms with Gasteiger partial charge in [-0.2, -0.15) is 5.26 Å². The Hall–Kier alpha value is -2.26. The molecule has 0 spiro atoms. The van der Waals surface area contributed by atoms with Crippen LogP contribution in [0.5, 0.6) is 11.5 Å². The van der Waals surface area contributed by atoms with E-state index in [0.717, 1.165) is 31.3 Å². The number of fused-ring (bicyclic) bond motifs is 2. The molecule has 1 atom stereocenters. The van der Waals surface area contributed by atoms with E-state index in [1.807, 2.05) is 0 Å². The van der Waals surface area contributed by atoms with Crippen molar-refractivity contribution in [3.63, 3.8) is 0 Å². The zero-order chi connectivity index (χ0) is 20.4. The van der Waals surface area contributed by atoms with Crippen LogP contribution in [0, 0.1) is 23.2 Å². The number of hydrogen-bond donors (Lipinski definition) is 1. The number of hydrogen-bond acceptors (Lipinski definition) is 5. The molecule has 6 heteroatoms. The van der Waals surface area contributed by atoms with Crippen LogP contribution in [0.2, 0.25) is 0 Å². The molecule has 1 N–H and O–H groups in total. The minimum Gasteiger partial charge on any atom is -0.496 e. The van der Waals surface area contributed by atoms with E-state index in [0.29, 0.717) is 28.7 Å². The summed E-state index contributed by atoms with van der Waals surface area (Å²) in [5.41, 5.74) is 0.722. The molecule has 4 rings (SSSR count). The van der Waals surface area contributed by atoms with Gasteiger partial charge in [0, 0.05) is 31.2 Å². The molecule has 2 aliphatic carbocycles. The maximum Gasteiger partial charge on any atom is 0.255 e. The third kappa shape index (κ3) is 3.93. The lowest BCUT2D eigenvalue weighted by molar-refractivity contribution is 0.0346. The van der Waals surface area contributed by atoms with Crippen molar-refractivity contribution in [3.8, 4) is 17.6 Å². The van der Waals surface area contributed by atoms with Crippen LogP contribution in [0.15, 0.2) is 12.1 Å². The van der Waals surface area contributed by atoms with Crippen molar-refractivity contribution in [1.82, 2.24) is 10.2 Å². The SMILES string of the molecule is COc1cc(OC)c(C(=O)N[C@H]2CCN(C3C4CCCC3CCC4)C2)cc1C#N. The molecule has 0 unspecified atom stereocenters. The monoisotopic (exact) mass is 397 g/mol. The predicted molar refractivity (Wildman–Crippen MR) is 110 cm³/mol. The number of likely N-dealkylation sites (tertiary alicyclic amines) is 1. The normalized spacial score (nSPS) is 29.1. The van der Waals surface area contributed by atoms with Gasteiger partial charge in [0.15, 0.2) is 0 Å². The van der Waals surface area contributed by atoms with E-state index >= 15 is 0 Å². The van der Waals surface area contributed by atoms with Crippen LogP contribution in [-0.4, -0.2) is 50.2 Å². The van der Waals surface area contributed by atoms with Gasteiger partial charge in [0.25, 0.3) is 5.91 Å². The molecule has 29 heavy (non-hydrogen) atoms. The first-order valence-corrected chi connectivity index (χ1v) is 10.9. The van der Waals surface area contributed by atoms with Gasteiger partial charge in [0.05, 0.1) is 25.3 Å². The average molecular weight is 398 g/mol. The van der Waals surface area contributed by atoms with Gasteiger partial charge in [-0.05, 0) is 50.0 Å². The maximum absolute atomic E-state index is 13.0. The second-order valence-electron chi connectivity index (χ2n) is 8.69. The topological polar surface area (TPSA) is 74.6 Å². The summed E-state index contributed by atoms with van der Waals surface area (Å²) in [5.74, 6) is 2.34. The van der Waals surface area contributed by atoms with Gasteiger partial charge in [0.1, 0.15) is 17.6 Å². The first kappa shape index (κ1) is 20.0. The summed E-state index contributed by atoms with van der Waals surface area (Å²) in [6.45, 7) is 1.98. The smallest absolute Gasteiger partial charge is 0.255 e. The molecule has 2 saturated carbocycles. The number of nitriles is 1. The maximum atomic E-state index is 13.0. The number of nitrogens with one attached hydrogen (secondary N) is 1. The zero-order valence-electron chi connectivity index (χ0n) is 17.4. The Labute approximate surface area is 173 Å². The van der Waals surface area contributed by atoms with Crippen LogP contribution in [0.1, 0.15) is 60.9 Å². The fourth-order valence-electron chi connectivity index (χ4n) is 5.84. The van der Waals surface area contributed by atoms with Crippen LogP contribution in [0.25, 0.3) is 0 Å². The lowest BCUT2D eigenvalue weighted by Gasteiger charge is -2.47. The van der Waals surface area contributed by atoms with Crippen molar-refractivity contribution in [2.45, 2.75) is 57.0 Å². The molecule has 1 aromatic carbocycles. The van der Waals surface area contributed by atoms with Gasteiger partial charge >= 0.3 is 0 Å². The summed E-state index contributed by atoms with van der Waals surface area (Å²) in [6.07, 6.45) is 9.23. The predicted octanol–water partition coefficient (Wildman–Crippen LogP) is 3.35. The zero-order valence-corrected chi connectivity index (χ0v) is 17.4. The number of rotatable bonds is 5. The van der Waals surface area contributed by atoms with E-state index < -0.39 is 0 Å². The summed E-state index contributed by atoms with van der Waals surface area (Å²) < 4.78 is 10.6. The standard InChI is InChI=1S/C23H31N3O3/c1-28-20-12-21(29-2)19(11-17(20)13-24)23(27)25-18-9-10-26(14-18)22-15-5-3-6-16(22)8-4-7-15/h11-12,15-16,18,22H,3-10,14H2,1-2H3,(H,25,27)/t15?,16?,18-,22?/m0/s1. The molecule has 2 bridgehead atoms. The second-order valence-corrected chi connectivity index (χ2v) is 8.69. The summed E-state index contributed by atoms with van der Waals surface area (Å²) in [6, 6.07) is 6.11. The van der Waals surface area contributed by atoms with Gasteiger partial charge in [-0.15, -0.1) is 0 Å². The van der Waals surface area contributed by atoms with E-state index in [4.69, 9.17) is 9.47 Å². The Balaban J connectivity index is 1.44. The highest BCUT2D eigenvalue weighted by molar-refractivity contribution is 5.98. The van der Waals surface area contributed by atoms with Gasteiger partial charge in [-0.25, -0.2) is 0 Å². The van der Waals surface area contributed by atoms with Crippen molar-refractivity contribution >= 4 is 5.91 Å². The Morgan fingerprint density at radius 2 is 1.72 bits per heavy atom. The van der Waals surface area contributed by atoms with Crippen molar-refractivity contribution in [3.05, 3.63) is 23.3 Å². The minimum absolute atomic E-state index is 0.141. The Morgan fingerprint density at radius 1 is 1.07 bits per heavy atom. The fraction of sp³-hybridized carbons (Fsp3) is 0.652. The quantitative estimate of drug-likeness (QED) is 0.825. The molecule has 1 heterocycles. The van der Waals surface area contributed by atoms with E-state index in [1.165, 1.54) is 52.7 Å². The Kier molecular flexibility index (Phi) is 5.96. The molecule has 3 aliphatic rings. The van der Waals surface area contributed by atoms with Crippen LogP contribution < -0.4 is 14.8 Å². The first-order valence-electron chi connectivity index (χ1n) is 10.9. The number of benzene rings is 1. The van der Waals surface area contributed by atoms with Crippen molar-refractivity contribution in [2.75, 3.05) is 27.3 Å². The third-order valence-electron chi connectivity index (χ3n) is 7.13. The molecule has 1 aliphatic heterocycles. The molecule has 1 amide bonds. The van der Waals surface area contributed by atoms with E-state index in [1.54, 1.807) is 12.1 Å². The third-order valence-corrected chi connectivity index (χ3v) is 7.13. The first-order chi connectivity index (χ1) is 14.1. The molecular weight excluding hydrogens is 366 g/mol. The highest BCUT2D eigenvalue weighted by Crippen LogP contribution is 2.43. The lowest BCUT2D eigenvalue weighted by atomic mass is 9.68. The molecule has 1 aromatic rings. The fourth-order valence-corrected chi connectivity index (χ4v) is 5.84. The van der Waals surface area contributed by atoms with Gasteiger partial charge in [0.2, 0.25) is 0 Å². The second kappa shape index (κ2) is 8.62. The van der Waals surface area contributed by atoms with Gasteiger partial charge in [-0.3, -0.25) is 9.69 Å². The highest BCUT2D eigenvalue weighted by atomic mass is 16.5. The molecule has 0 radical (unpaired) electrons. The van der Waals surface area contributed by atoms with Crippen molar-refractivity contribution in [2.24, 2.45) is 11.8 Å². The summed E-state index contributed by atoms with van der Waals surface area (Å²) in [7, 11) is 3.03. The van der Waals surface area contributed by atoms with E-state index in [-0.39, 0.29) is 11.9 Å². The number of ether oxygens (including phenoxy) is 2. The molecule has 0 aromatic heterocycles. The molecule has 156 valence electrons. The van der Waals surface area contributed by atoms with Crippen LogP contribution >= 0.6 is 0 Å². The molecule has 1 saturated heterocycles. The van der Waals surface area contributed by atoms with Gasteiger partial charge in [-0.1, -0.05) is 12.8 Å². The van der Waals surface area contributed by atoms with Crippen LogP contribution in [-0.2, 0) is 0 Å². The highest BCUT2D eigenvalue weighted by Gasteiger charge is 2.42. The number of carbonyl (C=O) groups is 1. The van der Waals surface area contributed by atoms with Gasteiger partial charge < -0.3 is 14.8 Å². The minimum atomic E-state index is -0.184. The average Bonchev–Trinajstić information content (AvgIpc) is 3.20. The number of carbonyl (C=O) groups excluding carboxylic acids is 1. The summed E-state index contributed by atoms with van der Waals surface area (Å²) in [5, 5.41) is 12.5. The summed E-state index contributed by atoms with van der Waals surface area (Å²) in [4.78, 5) is 15.6. The van der Waals surface area contributed by atoms with Crippen molar-refractivity contribution in [1.29, 1.82) is 5.26 Å².